The molecule has 0 radical (unpaired) electrons. The molecule has 2 rings (SSSR count). The second-order valence-corrected chi connectivity index (χ2v) is 6.83. The lowest BCUT2D eigenvalue weighted by atomic mass is 9.86. The highest BCUT2D eigenvalue weighted by molar-refractivity contribution is 7.10. The highest BCUT2D eigenvalue weighted by Gasteiger charge is 2.26. The van der Waals surface area contributed by atoms with Crippen molar-refractivity contribution in [2.24, 2.45) is 0 Å². The van der Waals surface area contributed by atoms with E-state index in [0.29, 0.717) is 0 Å². The minimum absolute atomic E-state index is 0.130. The molecule has 0 unspecified atom stereocenters. The number of rotatable bonds is 5. The quantitative estimate of drug-likeness (QED) is 0.919. The highest BCUT2D eigenvalue weighted by atomic mass is 32.1. The van der Waals surface area contributed by atoms with E-state index < -0.39 is 5.97 Å². The van der Waals surface area contributed by atoms with Crippen LogP contribution in [0.25, 0.3) is 0 Å². The predicted molar refractivity (Wildman–Crippen MR) is 86.6 cm³/mol. The summed E-state index contributed by atoms with van der Waals surface area (Å²) < 4.78 is 0. The second kappa shape index (κ2) is 5.85. The molecular formula is C16H20N2O2S. The van der Waals surface area contributed by atoms with Crippen LogP contribution < -0.4 is 4.90 Å². The third-order valence-electron chi connectivity index (χ3n) is 3.38. The van der Waals surface area contributed by atoms with Crippen LogP contribution in [0.5, 0.6) is 0 Å². The first-order valence-corrected chi connectivity index (χ1v) is 7.63. The van der Waals surface area contributed by atoms with Crippen LogP contribution in [-0.2, 0) is 11.8 Å². The van der Waals surface area contributed by atoms with Crippen molar-refractivity contribution in [3.63, 3.8) is 0 Å². The maximum Gasteiger partial charge on any atom is 0.355 e. The minimum atomic E-state index is -0.970. The Hall–Kier alpha value is -1.88. The van der Waals surface area contributed by atoms with Crippen LogP contribution in [0.15, 0.2) is 29.6 Å². The van der Waals surface area contributed by atoms with Gasteiger partial charge >= 0.3 is 5.97 Å². The normalized spacial score (nSPS) is 11.4. The number of aromatic carboxylic acids is 1. The lowest BCUT2D eigenvalue weighted by Crippen LogP contribution is -2.21. The molecular weight excluding hydrogens is 284 g/mol. The van der Waals surface area contributed by atoms with Crippen molar-refractivity contribution in [2.45, 2.75) is 25.7 Å². The van der Waals surface area contributed by atoms with E-state index in [-0.39, 0.29) is 11.1 Å². The zero-order valence-corrected chi connectivity index (χ0v) is 13.6. The van der Waals surface area contributed by atoms with Gasteiger partial charge in [0.05, 0.1) is 5.01 Å². The summed E-state index contributed by atoms with van der Waals surface area (Å²) in [5, 5.41) is 11.5. The van der Waals surface area contributed by atoms with Crippen LogP contribution >= 0.6 is 11.3 Å². The van der Waals surface area contributed by atoms with Crippen molar-refractivity contribution in [3.05, 3.63) is 45.9 Å². The van der Waals surface area contributed by atoms with E-state index in [1.54, 1.807) is 5.38 Å². The lowest BCUT2D eigenvalue weighted by molar-refractivity contribution is 0.0691. The molecule has 0 saturated heterocycles. The first kappa shape index (κ1) is 15.5. The Morgan fingerprint density at radius 2 is 2.10 bits per heavy atom. The molecule has 112 valence electrons. The third-order valence-corrected chi connectivity index (χ3v) is 4.58. The molecule has 0 bridgehead atoms. The molecule has 0 amide bonds. The Labute approximate surface area is 129 Å². The molecule has 4 nitrogen and oxygen atoms in total. The van der Waals surface area contributed by atoms with Crippen LogP contribution in [0.4, 0.5) is 5.69 Å². The maximum absolute atomic E-state index is 11.0. The monoisotopic (exact) mass is 304 g/mol. The summed E-state index contributed by atoms with van der Waals surface area (Å²) in [7, 11) is 4.04. The Balaban J connectivity index is 2.23. The molecule has 1 N–H and O–H groups in total. The smallest absolute Gasteiger partial charge is 0.355 e. The Morgan fingerprint density at radius 3 is 2.67 bits per heavy atom. The number of thiazole rings is 1. The van der Waals surface area contributed by atoms with E-state index in [4.69, 9.17) is 5.11 Å². The Bertz CT molecular complexity index is 647. The largest absolute Gasteiger partial charge is 0.476 e. The molecule has 2 aromatic rings. The molecule has 1 aromatic carbocycles. The van der Waals surface area contributed by atoms with Gasteiger partial charge in [0.15, 0.2) is 5.69 Å². The van der Waals surface area contributed by atoms with Gasteiger partial charge < -0.3 is 10.0 Å². The minimum Gasteiger partial charge on any atom is -0.476 e. The molecule has 1 heterocycles. The van der Waals surface area contributed by atoms with Crippen molar-refractivity contribution in [3.8, 4) is 0 Å². The summed E-state index contributed by atoms with van der Waals surface area (Å²) in [4.78, 5) is 17.3. The van der Waals surface area contributed by atoms with Crippen LogP contribution in [-0.4, -0.2) is 30.2 Å². The summed E-state index contributed by atoms with van der Waals surface area (Å²) in [6.07, 6.45) is 0.821. The lowest BCUT2D eigenvalue weighted by Gasteiger charge is -2.23. The van der Waals surface area contributed by atoms with Gasteiger partial charge in [-0.05, 0) is 24.1 Å². The van der Waals surface area contributed by atoms with Gasteiger partial charge in [0.1, 0.15) is 0 Å². The topological polar surface area (TPSA) is 53.4 Å². The number of carboxylic acids is 1. The van der Waals surface area contributed by atoms with Crippen LogP contribution in [0.3, 0.4) is 0 Å². The Morgan fingerprint density at radius 1 is 1.38 bits per heavy atom. The average Bonchev–Trinajstić information content (AvgIpc) is 2.89. The van der Waals surface area contributed by atoms with Crippen LogP contribution in [0, 0.1) is 0 Å². The fraction of sp³-hybridized carbons (Fsp3) is 0.375. The summed E-state index contributed by atoms with van der Waals surface area (Å²) in [5.74, 6) is -0.970. The summed E-state index contributed by atoms with van der Waals surface area (Å²) >= 11 is 1.41. The number of nitrogens with zero attached hydrogens (tertiary/aromatic N) is 2. The molecule has 1 aromatic heterocycles. The van der Waals surface area contributed by atoms with Crippen molar-refractivity contribution in [2.75, 3.05) is 19.0 Å². The van der Waals surface area contributed by atoms with Crippen molar-refractivity contribution < 1.29 is 9.90 Å². The molecule has 21 heavy (non-hydrogen) atoms. The fourth-order valence-electron chi connectivity index (χ4n) is 2.21. The summed E-state index contributed by atoms with van der Waals surface area (Å²) in [5.41, 5.74) is 2.32. The van der Waals surface area contributed by atoms with Crippen LogP contribution in [0.1, 0.15) is 34.9 Å². The van der Waals surface area contributed by atoms with Gasteiger partial charge in [-0.15, -0.1) is 11.3 Å². The van der Waals surface area contributed by atoms with Crippen molar-refractivity contribution in [1.29, 1.82) is 0 Å². The van der Waals surface area contributed by atoms with Gasteiger partial charge in [0.2, 0.25) is 0 Å². The van der Waals surface area contributed by atoms with Gasteiger partial charge in [-0.2, -0.15) is 0 Å². The van der Waals surface area contributed by atoms with E-state index in [0.717, 1.165) is 17.1 Å². The number of benzene rings is 1. The first-order chi connectivity index (χ1) is 9.79. The molecule has 0 aliphatic heterocycles. The number of aromatic nitrogens is 1. The molecule has 0 aliphatic carbocycles. The molecule has 5 heteroatoms. The standard InChI is InChI=1S/C16H20N2O2S/c1-16(2,15-17-13(10-21-15)14(19)20)9-11-6-5-7-12(8-11)18(3)4/h5-8,10H,9H2,1-4H3,(H,19,20). The van der Waals surface area contributed by atoms with E-state index >= 15 is 0 Å². The number of anilines is 1. The van der Waals surface area contributed by atoms with Gasteiger partial charge in [-0.3, -0.25) is 0 Å². The number of hydrogen-bond donors (Lipinski definition) is 1. The second-order valence-electron chi connectivity index (χ2n) is 5.97. The first-order valence-electron chi connectivity index (χ1n) is 6.75. The summed E-state index contributed by atoms with van der Waals surface area (Å²) in [6.45, 7) is 4.19. The number of carboxylic acid groups (broad SMARTS) is 1. The Kier molecular flexibility index (Phi) is 4.32. The van der Waals surface area contributed by atoms with E-state index in [1.165, 1.54) is 16.9 Å². The summed E-state index contributed by atoms with van der Waals surface area (Å²) in [6, 6.07) is 8.38. The van der Waals surface area contributed by atoms with Gasteiger partial charge in [0, 0.05) is 30.6 Å². The maximum atomic E-state index is 11.0. The molecule has 0 fully saturated rings. The van der Waals surface area contributed by atoms with Gasteiger partial charge in [-0.1, -0.05) is 26.0 Å². The van der Waals surface area contributed by atoms with Crippen molar-refractivity contribution in [1.82, 2.24) is 4.98 Å². The van der Waals surface area contributed by atoms with Gasteiger partial charge in [-0.25, -0.2) is 9.78 Å². The highest BCUT2D eigenvalue weighted by Crippen LogP contribution is 2.31. The average molecular weight is 304 g/mol. The zero-order chi connectivity index (χ0) is 15.6. The van der Waals surface area contributed by atoms with E-state index in [2.05, 4.69) is 41.9 Å². The zero-order valence-electron chi connectivity index (χ0n) is 12.8. The number of hydrogen-bond acceptors (Lipinski definition) is 4. The number of carbonyl (C=O) groups is 1. The van der Waals surface area contributed by atoms with Crippen LogP contribution in [0.2, 0.25) is 0 Å². The van der Waals surface area contributed by atoms with Crippen molar-refractivity contribution >= 4 is 23.0 Å². The molecule has 0 aliphatic rings. The molecule has 0 spiro atoms. The van der Waals surface area contributed by atoms with E-state index in [1.807, 2.05) is 20.2 Å². The molecule has 0 saturated carbocycles. The van der Waals surface area contributed by atoms with E-state index in [9.17, 15) is 4.79 Å². The van der Waals surface area contributed by atoms with Gasteiger partial charge in [0.25, 0.3) is 0 Å². The fourth-order valence-corrected chi connectivity index (χ4v) is 3.13. The predicted octanol–water partition coefficient (Wildman–Crippen LogP) is 3.43. The molecule has 0 atom stereocenters. The SMILES string of the molecule is CN(C)c1cccc(CC(C)(C)c2nc(C(=O)O)cs2)c1. The third kappa shape index (κ3) is 3.61.